The van der Waals surface area contributed by atoms with Gasteiger partial charge in [-0.3, -0.25) is 4.79 Å². The number of carbonyl (C=O) groups is 1. The molecule has 1 N–H and O–H groups in total. The molecule has 2 atom stereocenters. The van der Waals surface area contributed by atoms with Crippen molar-refractivity contribution in [3.63, 3.8) is 0 Å². The lowest BCUT2D eigenvalue weighted by Crippen LogP contribution is -2.41. The Balaban J connectivity index is 0.000000202. The van der Waals surface area contributed by atoms with Gasteiger partial charge in [0.25, 0.3) is 0 Å². The second kappa shape index (κ2) is 25.2. The van der Waals surface area contributed by atoms with Gasteiger partial charge in [0.05, 0.1) is 45.7 Å². The van der Waals surface area contributed by atoms with Gasteiger partial charge in [0.1, 0.15) is 28.6 Å². The fraction of sp³-hybridized carbons (Fsp3) is 0.442. The molecule has 2 saturated heterocycles. The number of aliphatic hydroxyl groups excluding tert-OH is 1. The van der Waals surface area contributed by atoms with Crippen molar-refractivity contribution in [2.24, 2.45) is 0 Å². The van der Waals surface area contributed by atoms with E-state index in [1.807, 2.05) is 18.2 Å². The Labute approximate surface area is 367 Å². The van der Waals surface area contributed by atoms with Gasteiger partial charge in [0, 0.05) is 6.04 Å². The van der Waals surface area contributed by atoms with Gasteiger partial charge in [-0.25, -0.2) is 0 Å². The summed E-state index contributed by atoms with van der Waals surface area (Å²) in [6.07, 6.45) is 18.0. The van der Waals surface area contributed by atoms with Crippen LogP contribution in [-0.2, 0) is 27.9 Å². The average Bonchev–Trinajstić information content (AvgIpc) is 3.89. The Bertz CT molecular complexity index is 1890. The molecule has 8 nitrogen and oxygen atoms in total. The highest BCUT2D eigenvalue weighted by Crippen LogP contribution is 2.48. The summed E-state index contributed by atoms with van der Waals surface area (Å²) < 4.78 is 28.4. The number of aryl methyl sites for hydroxylation is 2. The molecule has 0 unspecified atom stereocenters. The van der Waals surface area contributed by atoms with Crippen LogP contribution in [0.15, 0.2) is 97.1 Å². The lowest BCUT2D eigenvalue weighted by Gasteiger charge is -2.36. The molecule has 4 aromatic rings. The Morgan fingerprint density at radius 3 is 1.61 bits per heavy atom. The molecular weight excluding hydrogens is 761 g/mol. The molecule has 61 heavy (non-hydrogen) atoms. The molecule has 2 aliphatic heterocycles. The molecule has 0 radical (unpaired) electrons. The maximum atomic E-state index is 11.1. The van der Waals surface area contributed by atoms with Gasteiger partial charge in [-0.2, -0.15) is 0 Å². The highest BCUT2D eigenvalue weighted by Gasteiger charge is 2.56. The molecule has 328 valence electrons. The van der Waals surface area contributed by atoms with Crippen molar-refractivity contribution in [1.29, 1.82) is 0 Å². The van der Waals surface area contributed by atoms with E-state index in [-0.39, 0.29) is 18.4 Å². The fourth-order valence-corrected chi connectivity index (χ4v) is 8.33. The number of allylic oxidation sites excluding steroid dienone is 1. The molecule has 6 rings (SSSR count). The van der Waals surface area contributed by atoms with Crippen LogP contribution in [0, 0.1) is 0 Å². The number of ether oxygens (including phenoxy) is 4. The van der Waals surface area contributed by atoms with Crippen molar-refractivity contribution in [3.05, 3.63) is 130 Å². The van der Waals surface area contributed by atoms with E-state index >= 15 is 0 Å². The van der Waals surface area contributed by atoms with Crippen molar-refractivity contribution in [2.75, 3.05) is 35.0 Å². The van der Waals surface area contributed by atoms with Crippen LogP contribution in [-0.4, -0.2) is 69.9 Å². The lowest BCUT2D eigenvalue weighted by molar-refractivity contribution is -0.112. The van der Waals surface area contributed by atoms with E-state index < -0.39 is 6.10 Å². The first-order chi connectivity index (χ1) is 29.6. The van der Waals surface area contributed by atoms with Crippen LogP contribution >= 0.6 is 0 Å². The molecule has 2 fully saturated rings. The number of nitrogens with zero attached hydrogens (tertiary/aromatic N) is 1. The number of rotatable bonds is 18. The molecule has 9 heteroatoms. The molecule has 0 aromatic heterocycles. The summed E-state index contributed by atoms with van der Waals surface area (Å²) in [4.78, 5) is 13.6. The van der Waals surface area contributed by atoms with Crippen molar-refractivity contribution in [1.82, 2.24) is 4.81 Å². The predicted molar refractivity (Wildman–Crippen MR) is 252 cm³/mol. The minimum Gasteiger partial charge on any atom is -0.496 e. The Morgan fingerprint density at radius 2 is 1.21 bits per heavy atom. The third-order valence-corrected chi connectivity index (χ3v) is 11.4. The van der Waals surface area contributed by atoms with Gasteiger partial charge < -0.3 is 33.5 Å². The molecule has 2 heterocycles. The minimum absolute atomic E-state index is 0.00104. The molecule has 4 aromatic carbocycles. The molecule has 0 bridgehead atoms. The van der Waals surface area contributed by atoms with Crippen LogP contribution in [0.5, 0.6) is 23.0 Å². The smallest absolute Gasteiger partial charge is 0.380 e. The number of aliphatic hydroxyl groups is 1. The number of hydrogen-bond donors (Lipinski definition) is 1. The monoisotopic (exact) mass is 832 g/mol. The van der Waals surface area contributed by atoms with Gasteiger partial charge in [-0.15, -0.1) is 0 Å². The predicted octanol–water partition coefficient (Wildman–Crippen LogP) is 11.4. The standard InChI is InChI=1S/C18H20BNO.C17H26O3.C17H24O3/c1-19-20-14-8-13-17(20)18(21-19,15-9-4-2-5-10-15)16-11-6-3-7-12-16;2*1-5-6-7-8-14-11-16(19-3)15(10-9-13(2)18)17(12-14)20-4/h2-7,9-12,17H,8,13-14H2,1H3;9-13,18H,5-8H2,1-4H3;9-12H,5-8H2,1-4H3/b;2*10-9+/t17-;13-;/m10./s1. The third-order valence-electron chi connectivity index (χ3n) is 11.4. The zero-order valence-electron chi connectivity index (χ0n) is 38.2. The average molecular weight is 832 g/mol. The van der Waals surface area contributed by atoms with E-state index in [9.17, 15) is 9.90 Å². The summed E-state index contributed by atoms with van der Waals surface area (Å²) in [5.41, 5.74) is 6.33. The Kier molecular flexibility index (Phi) is 20.2. The van der Waals surface area contributed by atoms with Crippen molar-refractivity contribution in [3.8, 4) is 23.0 Å². The molecular formula is C52H70BNO7. The van der Waals surface area contributed by atoms with Gasteiger partial charge in [-0.1, -0.05) is 106 Å². The normalized spacial score (nSPS) is 16.0. The first-order valence-corrected chi connectivity index (χ1v) is 22.2. The number of fused-ring (bicyclic) bond motifs is 1. The minimum atomic E-state index is -0.492. The molecule has 0 saturated carbocycles. The van der Waals surface area contributed by atoms with Crippen LogP contribution in [0.25, 0.3) is 12.2 Å². The van der Waals surface area contributed by atoms with E-state index in [1.165, 1.54) is 80.2 Å². The number of hydrogen-bond acceptors (Lipinski definition) is 8. The molecule has 0 amide bonds. The largest absolute Gasteiger partial charge is 0.496 e. The summed E-state index contributed by atoms with van der Waals surface area (Å²) in [6, 6.07) is 30.1. The quantitative estimate of drug-likeness (QED) is 0.0603. The number of unbranched alkanes of at least 4 members (excludes halogenated alkanes) is 4. The van der Waals surface area contributed by atoms with Gasteiger partial charge in [0.2, 0.25) is 0 Å². The molecule has 2 aliphatic rings. The summed E-state index contributed by atoms with van der Waals surface area (Å²) in [6.45, 7) is 11.0. The van der Waals surface area contributed by atoms with Crippen LogP contribution in [0.2, 0.25) is 6.82 Å². The maximum absolute atomic E-state index is 11.1. The second-order valence-corrected chi connectivity index (χ2v) is 15.9. The summed E-state index contributed by atoms with van der Waals surface area (Å²) in [5, 5.41) is 9.37. The highest BCUT2D eigenvalue weighted by atomic mass is 16.5. The van der Waals surface area contributed by atoms with Crippen LogP contribution < -0.4 is 18.9 Å². The van der Waals surface area contributed by atoms with Gasteiger partial charge in [0.15, 0.2) is 5.78 Å². The topological polar surface area (TPSA) is 86.7 Å². The lowest BCUT2D eigenvalue weighted by atomic mass is 9.79. The summed E-state index contributed by atoms with van der Waals surface area (Å²) in [5.74, 6) is 3.06. The number of methoxy groups -OCH3 is 4. The van der Waals surface area contributed by atoms with E-state index in [1.54, 1.807) is 47.5 Å². The Morgan fingerprint density at radius 1 is 0.770 bits per heavy atom. The first kappa shape index (κ1) is 48.8. The number of benzene rings is 4. The zero-order valence-corrected chi connectivity index (χ0v) is 38.2. The van der Waals surface area contributed by atoms with Crippen molar-refractivity contribution < 1.29 is 33.5 Å². The summed E-state index contributed by atoms with van der Waals surface area (Å²) >= 11 is 0. The first-order valence-electron chi connectivity index (χ1n) is 22.2. The Hall–Kier alpha value is -4.83. The van der Waals surface area contributed by atoms with Crippen LogP contribution in [0.1, 0.15) is 112 Å². The third kappa shape index (κ3) is 13.3. The van der Waals surface area contributed by atoms with E-state index in [2.05, 4.69) is 98.3 Å². The number of carbonyl (C=O) groups excluding carboxylic acids is 1. The summed E-state index contributed by atoms with van der Waals surface area (Å²) in [7, 11) is 6.76. The van der Waals surface area contributed by atoms with Crippen molar-refractivity contribution in [2.45, 2.75) is 116 Å². The van der Waals surface area contributed by atoms with Crippen LogP contribution in [0.4, 0.5) is 0 Å². The number of ketones is 1. The van der Waals surface area contributed by atoms with Gasteiger partial charge in [-0.05, 0) is 130 Å². The second-order valence-electron chi connectivity index (χ2n) is 15.9. The molecule has 0 spiro atoms. The zero-order chi connectivity index (χ0) is 44.2. The van der Waals surface area contributed by atoms with Crippen LogP contribution in [0.3, 0.4) is 0 Å². The van der Waals surface area contributed by atoms with E-state index in [4.69, 9.17) is 23.6 Å². The maximum Gasteiger partial charge on any atom is 0.380 e. The fourth-order valence-electron chi connectivity index (χ4n) is 8.33. The molecule has 0 aliphatic carbocycles. The van der Waals surface area contributed by atoms with Crippen molar-refractivity contribution >= 4 is 25.0 Å². The highest BCUT2D eigenvalue weighted by molar-refractivity contribution is 6.48. The van der Waals surface area contributed by atoms with Gasteiger partial charge >= 0.3 is 7.05 Å². The van der Waals surface area contributed by atoms with E-state index in [0.29, 0.717) is 6.04 Å². The van der Waals surface area contributed by atoms with E-state index in [0.717, 1.165) is 59.9 Å². The SMILES string of the molecule is CB1OC(c2ccccc2)(c2ccccc2)[C@H]2CCCN12.CCCCCc1cc(OC)c(/C=C/C(C)=O)c(OC)c1.CCCCCc1cc(OC)c(/C=C/[C@H](C)O)c(OC)c1.